The van der Waals surface area contributed by atoms with Crippen LogP contribution in [0.2, 0.25) is 0 Å². The van der Waals surface area contributed by atoms with Gasteiger partial charge in [0, 0.05) is 6.07 Å². The van der Waals surface area contributed by atoms with Crippen molar-refractivity contribution in [2.75, 3.05) is 0 Å². The Morgan fingerprint density at radius 2 is 1.58 bits per heavy atom. The quantitative estimate of drug-likeness (QED) is 0.804. The molecule has 0 radical (unpaired) electrons. The van der Waals surface area contributed by atoms with E-state index in [1.54, 1.807) is 18.2 Å². The molecule has 100 valence electrons. The van der Waals surface area contributed by atoms with Crippen LogP contribution >= 0.6 is 0 Å². The number of hydrogen-bond acceptors (Lipinski definition) is 2. The molecule has 0 N–H and O–H groups in total. The molecule has 0 heterocycles. The van der Waals surface area contributed by atoms with Crippen LogP contribution in [0.4, 0.5) is 13.2 Å². The van der Waals surface area contributed by atoms with Gasteiger partial charge in [-0.25, -0.2) is 0 Å². The monoisotopic (exact) mass is 268 g/mol. The average molecular weight is 268 g/mol. The average Bonchev–Trinajstić information content (AvgIpc) is 2.30. The van der Waals surface area contributed by atoms with Crippen LogP contribution in [0.5, 0.6) is 17.2 Å². The van der Waals surface area contributed by atoms with E-state index in [1.165, 1.54) is 18.2 Å². The van der Waals surface area contributed by atoms with Crippen molar-refractivity contribution < 1.29 is 22.6 Å². The Balaban J connectivity index is 2.18. The fraction of sp³-hybridized carbons (Fsp3) is 0.143. The van der Waals surface area contributed by atoms with Gasteiger partial charge in [-0.2, -0.15) is 0 Å². The van der Waals surface area contributed by atoms with Gasteiger partial charge in [-0.1, -0.05) is 24.3 Å². The van der Waals surface area contributed by atoms with E-state index in [1.807, 2.05) is 19.1 Å². The molecule has 0 amide bonds. The molecule has 0 spiro atoms. The molecule has 5 heteroatoms. The molecular formula is C14H11F3O2. The van der Waals surface area contributed by atoms with Crippen molar-refractivity contribution in [1.82, 2.24) is 0 Å². The van der Waals surface area contributed by atoms with E-state index in [0.29, 0.717) is 5.75 Å². The summed E-state index contributed by atoms with van der Waals surface area (Å²) in [6, 6.07) is 12.7. The van der Waals surface area contributed by atoms with Crippen molar-refractivity contribution >= 4 is 0 Å². The number of para-hydroxylation sites is 1. The van der Waals surface area contributed by atoms with E-state index >= 15 is 0 Å². The van der Waals surface area contributed by atoms with Crippen molar-refractivity contribution in [3.8, 4) is 17.2 Å². The second-order valence-corrected chi connectivity index (χ2v) is 3.89. The summed E-state index contributed by atoms with van der Waals surface area (Å²) >= 11 is 0. The van der Waals surface area contributed by atoms with Crippen molar-refractivity contribution in [3.63, 3.8) is 0 Å². The lowest BCUT2D eigenvalue weighted by Crippen LogP contribution is -2.17. The minimum atomic E-state index is -4.71. The molecule has 0 aliphatic carbocycles. The van der Waals surface area contributed by atoms with Crippen molar-refractivity contribution in [1.29, 1.82) is 0 Å². The first-order valence-corrected chi connectivity index (χ1v) is 5.53. The molecule has 19 heavy (non-hydrogen) atoms. The standard InChI is InChI=1S/C14H11F3O2/c1-10-5-2-3-8-13(10)18-11-6-4-7-12(9-11)19-14(15,16)17/h2-9H,1H3. The molecular weight excluding hydrogens is 257 g/mol. The normalized spacial score (nSPS) is 11.2. The van der Waals surface area contributed by atoms with Gasteiger partial charge in [-0.15, -0.1) is 13.2 Å². The second-order valence-electron chi connectivity index (χ2n) is 3.89. The highest BCUT2D eigenvalue weighted by atomic mass is 19.4. The molecule has 2 aromatic rings. The van der Waals surface area contributed by atoms with Gasteiger partial charge in [0.15, 0.2) is 0 Å². The number of hydrogen-bond donors (Lipinski definition) is 0. The number of halogens is 3. The highest BCUT2D eigenvalue weighted by Gasteiger charge is 2.31. The van der Waals surface area contributed by atoms with Crippen LogP contribution in [0.1, 0.15) is 5.56 Å². The predicted octanol–water partition coefficient (Wildman–Crippen LogP) is 4.69. The predicted molar refractivity (Wildman–Crippen MR) is 64.4 cm³/mol. The van der Waals surface area contributed by atoms with E-state index in [0.717, 1.165) is 5.56 Å². The summed E-state index contributed by atoms with van der Waals surface area (Å²) in [6.45, 7) is 1.85. The molecule has 0 saturated heterocycles. The number of aryl methyl sites for hydroxylation is 1. The van der Waals surface area contributed by atoms with Crippen LogP contribution in [0.25, 0.3) is 0 Å². The molecule has 0 bridgehead atoms. The van der Waals surface area contributed by atoms with Gasteiger partial charge in [0.25, 0.3) is 0 Å². The number of ether oxygens (including phenoxy) is 2. The van der Waals surface area contributed by atoms with Crippen LogP contribution in [-0.2, 0) is 0 Å². The SMILES string of the molecule is Cc1ccccc1Oc1cccc(OC(F)(F)F)c1. The highest BCUT2D eigenvalue weighted by Crippen LogP contribution is 2.29. The van der Waals surface area contributed by atoms with Gasteiger partial charge in [0.1, 0.15) is 17.2 Å². The van der Waals surface area contributed by atoms with Crippen LogP contribution in [0.3, 0.4) is 0 Å². The number of rotatable bonds is 3. The molecule has 2 aromatic carbocycles. The smallest absolute Gasteiger partial charge is 0.457 e. The minimum Gasteiger partial charge on any atom is -0.457 e. The van der Waals surface area contributed by atoms with Gasteiger partial charge in [-0.3, -0.25) is 0 Å². The molecule has 2 rings (SSSR count). The lowest BCUT2D eigenvalue weighted by Gasteiger charge is -2.11. The van der Waals surface area contributed by atoms with Crippen LogP contribution < -0.4 is 9.47 Å². The Bertz CT molecular complexity index is 565. The molecule has 0 atom stereocenters. The first-order chi connectivity index (χ1) is 8.94. The third-order valence-corrected chi connectivity index (χ3v) is 2.36. The van der Waals surface area contributed by atoms with E-state index in [9.17, 15) is 13.2 Å². The number of alkyl halides is 3. The number of benzene rings is 2. The summed E-state index contributed by atoms with van der Waals surface area (Å²) in [4.78, 5) is 0. The van der Waals surface area contributed by atoms with Crippen LogP contribution in [0, 0.1) is 6.92 Å². The zero-order valence-corrected chi connectivity index (χ0v) is 10.1. The Morgan fingerprint density at radius 3 is 2.26 bits per heavy atom. The lowest BCUT2D eigenvalue weighted by atomic mass is 10.2. The second kappa shape index (κ2) is 5.22. The third-order valence-electron chi connectivity index (χ3n) is 2.36. The molecule has 0 unspecified atom stereocenters. The zero-order valence-electron chi connectivity index (χ0n) is 10.1. The fourth-order valence-electron chi connectivity index (χ4n) is 1.53. The summed E-state index contributed by atoms with van der Waals surface area (Å²) in [5.41, 5.74) is 0.893. The first-order valence-electron chi connectivity index (χ1n) is 5.53. The Kier molecular flexibility index (Phi) is 3.64. The summed E-state index contributed by atoms with van der Waals surface area (Å²) < 4.78 is 45.7. The molecule has 2 nitrogen and oxygen atoms in total. The van der Waals surface area contributed by atoms with Crippen LogP contribution in [0.15, 0.2) is 48.5 Å². The molecule has 0 aromatic heterocycles. The van der Waals surface area contributed by atoms with E-state index in [2.05, 4.69) is 4.74 Å². The van der Waals surface area contributed by atoms with Crippen LogP contribution in [-0.4, -0.2) is 6.36 Å². The maximum absolute atomic E-state index is 12.1. The lowest BCUT2D eigenvalue weighted by molar-refractivity contribution is -0.274. The first kappa shape index (κ1) is 13.3. The van der Waals surface area contributed by atoms with Gasteiger partial charge in [0.05, 0.1) is 0 Å². The Labute approximate surface area is 108 Å². The molecule has 0 aliphatic heterocycles. The van der Waals surface area contributed by atoms with Gasteiger partial charge in [-0.05, 0) is 30.7 Å². The summed E-state index contributed by atoms with van der Waals surface area (Å²) in [5, 5.41) is 0. The molecule has 0 aliphatic rings. The van der Waals surface area contributed by atoms with E-state index in [-0.39, 0.29) is 11.5 Å². The van der Waals surface area contributed by atoms with Gasteiger partial charge in [0.2, 0.25) is 0 Å². The maximum Gasteiger partial charge on any atom is 0.573 e. The Morgan fingerprint density at radius 1 is 0.895 bits per heavy atom. The van der Waals surface area contributed by atoms with Crippen molar-refractivity contribution in [3.05, 3.63) is 54.1 Å². The van der Waals surface area contributed by atoms with E-state index < -0.39 is 6.36 Å². The largest absolute Gasteiger partial charge is 0.573 e. The zero-order chi connectivity index (χ0) is 13.9. The molecule has 0 fully saturated rings. The maximum atomic E-state index is 12.1. The van der Waals surface area contributed by atoms with Gasteiger partial charge < -0.3 is 9.47 Å². The van der Waals surface area contributed by atoms with E-state index in [4.69, 9.17) is 4.74 Å². The minimum absolute atomic E-state index is 0.288. The topological polar surface area (TPSA) is 18.5 Å². The fourth-order valence-corrected chi connectivity index (χ4v) is 1.53. The molecule has 0 saturated carbocycles. The Hall–Kier alpha value is -2.17. The summed E-state index contributed by atoms with van der Waals surface area (Å²) in [6.07, 6.45) is -4.71. The van der Waals surface area contributed by atoms with Gasteiger partial charge >= 0.3 is 6.36 Å². The van der Waals surface area contributed by atoms with Crippen molar-refractivity contribution in [2.24, 2.45) is 0 Å². The van der Waals surface area contributed by atoms with Crippen molar-refractivity contribution in [2.45, 2.75) is 13.3 Å². The third kappa shape index (κ3) is 3.91. The summed E-state index contributed by atoms with van der Waals surface area (Å²) in [7, 11) is 0. The highest BCUT2D eigenvalue weighted by molar-refractivity contribution is 5.39. The summed E-state index contributed by atoms with van der Waals surface area (Å²) in [5.74, 6) is 0.571.